The second-order valence-corrected chi connectivity index (χ2v) is 5.99. The van der Waals surface area contributed by atoms with Crippen molar-refractivity contribution < 1.29 is 28.5 Å². The molecule has 0 aliphatic rings. The normalized spacial score (nSPS) is 11.2. The van der Waals surface area contributed by atoms with Crippen LogP contribution in [0.15, 0.2) is 0 Å². The van der Waals surface area contributed by atoms with Gasteiger partial charge in [0.25, 0.3) is 0 Å². The molecule has 0 aromatic heterocycles. The minimum Gasteiger partial charge on any atom is -1.00 e. The molecule has 1 nitrogen and oxygen atoms in total. The largest absolute Gasteiger partial charge is 1.00 e. The van der Waals surface area contributed by atoms with Crippen LogP contribution in [0.5, 0.6) is 0 Å². The summed E-state index contributed by atoms with van der Waals surface area (Å²) in [5.41, 5.74) is 0. The monoisotopic (exact) mass is 405 g/mol. The number of nitrogens with zero attached hydrogens (tertiary/aromatic N) is 1. The van der Waals surface area contributed by atoms with Gasteiger partial charge in [-0.25, -0.2) is 0 Å². The summed E-state index contributed by atoms with van der Waals surface area (Å²) in [5.74, 6) is 0. The van der Waals surface area contributed by atoms with E-state index in [0.29, 0.717) is 0 Å². The van der Waals surface area contributed by atoms with E-state index in [-0.39, 0.29) is 24.0 Å². The van der Waals surface area contributed by atoms with E-state index >= 15 is 0 Å². The molecule has 0 heterocycles. The number of rotatable bonds is 10. The number of unbranched alkanes of at least 4 members (excludes halogenated alkanes) is 6. The molecule has 0 saturated heterocycles. The minimum atomic E-state index is 0. The molecule has 0 amide bonds. The molecule has 0 atom stereocenters. The molecule has 0 N–H and O–H groups in total. The molecule has 0 unspecified atom stereocenters. The predicted octanol–water partition coefficient (Wildman–Crippen LogP) is 1.21. The Morgan fingerprint density at radius 3 is 1.81 bits per heavy atom. The first kappa shape index (κ1) is 19.5. The molecule has 100 valence electrons. The third-order valence-corrected chi connectivity index (χ3v) is 3.41. The molecule has 0 saturated carbocycles. The highest BCUT2D eigenvalue weighted by Crippen LogP contribution is 2.09. The van der Waals surface area contributed by atoms with Crippen LogP contribution in [0.4, 0.5) is 0 Å². The zero-order chi connectivity index (χ0) is 11.6. The standard InChI is InChI=1S/C13H29BrN.HI/c1-4-5-6-7-8-9-10-12-15(2,3)13-11-14;/h4-13H2,1-3H3;1H/q+1;/p-1. The number of alkyl halides is 1. The highest BCUT2D eigenvalue weighted by Gasteiger charge is 2.12. The van der Waals surface area contributed by atoms with Crippen molar-refractivity contribution in [2.75, 3.05) is 32.5 Å². The molecule has 0 aliphatic carbocycles. The Labute approximate surface area is 128 Å². The second-order valence-electron chi connectivity index (χ2n) is 5.19. The lowest BCUT2D eigenvalue weighted by molar-refractivity contribution is -0.887. The fourth-order valence-electron chi connectivity index (χ4n) is 1.84. The van der Waals surface area contributed by atoms with E-state index in [1.165, 1.54) is 62.5 Å². The first-order chi connectivity index (χ1) is 7.12. The van der Waals surface area contributed by atoms with Gasteiger partial charge in [-0.1, -0.05) is 55.0 Å². The van der Waals surface area contributed by atoms with E-state index < -0.39 is 0 Å². The van der Waals surface area contributed by atoms with Crippen LogP contribution < -0.4 is 24.0 Å². The SMILES string of the molecule is CCCCCCCCC[N+](C)(C)CCBr.[I-]. The van der Waals surface area contributed by atoms with Crippen molar-refractivity contribution in [2.24, 2.45) is 0 Å². The fourth-order valence-corrected chi connectivity index (χ4v) is 2.80. The fraction of sp³-hybridized carbons (Fsp3) is 1.00. The van der Waals surface area contributed by atoms with Crippen molar-refractivity contribution in [1.82, 2.24) is 0 Å². The molecule has 16 heavy (non-hydrogen) atoms. The Hall–Kier alpha value is 1.17. The highest BCUT2D eigenvalue weighted by atomic mass is 127. The van der Waals surface area contributed by atoms with Gasteiger partial charge in [0.05, 0.1) is 32.5 Å². The molecular formula is C13H29BrIN. The average molecular weight is 406 g/mol. The lowest BCUT2D eigenvalue weighted by atomic mass is 10.1. The van der Waals surface area contributed by atoms with Crippen molar-refractivity contribution in [3.63, 3.8) is 0 Å². The maximum atomic E-state index is 3.52. The Morgan fingerprint density at radius 1 is 0.812 bits per heavy atom. The Bertz CT molecular complexity index is 140. The van der Waals surface area contributed by atoms with Gasteiger partial charge in [0, 0.05) is 0 Å². The van der Waals surface area contributed by atoms with E-state index in [0.717, 1.165) is 5.33 Å². The summed E-state index contributed by atoms with van der Waals surface area (Å²) in [6, 6.07) is 0. The van der Waals surface area contributed by atoms with Crippen LogP contribution >= 0.6 is 15.9 Å². The van der Waals surface area contributed by atoms with Crippen molar-refractivity contribution in [2.45, 2.75) is 51.9 Å². The summed E-state index contributed by atoms with van der Waals surface area (Å²) < 4.78 is 1.17. The number of hydrogen-bond acceptors (Lipinski definition) is 0. The quantitative estimate of drug-likeness (QED) is 0.222. The van der Waals surface area contributed by atoms with E-state index in [1.54, 1.807) is 0 Å². The zero-order valence-corrected chi connectivity index (χ0v) is 15.0. The molecule has 0 rings (SSSR count). The molecular weight excluding hydrogens is 377 g/mol. The summed E-state index contributed by atoms with van der Waals surface area (Å²) in [6.07, 6.45) is 9.92. The highest BCUT2D eigenvalue weighted by molar-refractivity contribution is 9.09. The van der Waals surface area contributed by atoms with Gasteiger partial charge in [0.1, 0.15) is 0 Å². The van der Waals surface area contributed by atoms with Crippen LogP contribution in [-0.2, 0) is 0 Å². The molecule has 0 aromatic rings. The van der Waals surface area contributed by atoms with Crippen LogP contribution in [-0.4, -0.2) is 37.0 Å². The smallest absolute Gasteiger partial charge is 0.0880 e. The van der Waals surface area contributed by atoms with Crippen molar-refractivity contribution >= 4 is 15.9 Å². The number of hydrogen-bond donors (Lipinski definition) is 0. The summed E-state index contributed by atoms with van der Waals surface area (Å²) in [7, 11) is 4.66. The van der Waals surface area contributed by atoms with E-state index in [2.05, 4.69) is 36.9 Å². The minimum absolute atomic E-state index is 0. The second kappa shape index (κ2) is 12.6. The van der Waals surface area contributed by atoms with Crippen LogP contribution in [0.2, 0.25) is 0 Å². The third-order valence-electron chi connectivity index (χ3n) is 3.06. The molecule has 0 aromatic carbocycles. The number of quaternary nitrogens is 1. The van der Waals surface area contributed by atoms with Crippen molar-refractivity contribution in [3.8, 4) is 0 Å². The third kappa shape index (κ3) is 13.2. The van der Waals surface area contributed by atoms with Crippen LogP contribution in [0.3, 0.4) is 0 Å². The molecule has 0 bridgehead atoms. The Morgan fingerprint density at radius 2 is 1.31 bits per heavy atom. The van der Waals surface area contributed by atoms with Crippen LogP contribution in [0.25, 0.3) is 0 Å². The van der Waals surface area contributed by atoms with Gasteiger partial charge in [0.2, 0.25) is 0 Å². The first-order valence-corrected chi connectivity index (χ1v) is 7.62. The van der Waals surface area contributed by atoms with E-state index in [9.17, 15) is 0 Å². The summed E-state index contributed by atoms with van der Waals surface area (Å²) in [4.78, 5) is 0. The van der Waals surface area contributed by atoms with Gasteiger partial charge < -0.3 is 28.5 Å². The summed E-state index contributed by atoms with van der Waals surface area (Å²) in [5, 5.41) is 1.12. The van der Waals surface area contributed by atoms with Crippen molar-refractivity contribution in [1.29, 1.82) is 0 Å². The van der Waals surface area contributed by atoms with Gasteiger partial charge in [-0.05, 0) is 12.8 Å². The van der Waals surface area contributed by atoms with Gasteiger partial charge in [-0.2, -0.15) is 0 Å². The molecule has 0 aliphatic heterocycles. The van der Waals surface area contributed by atoms with E-state index in [4.69, 9.17) is 0 Å². The predicted molar refractivity (Wildman–Crippen MR) is 73.6 cm³/mol. The summed E-state index contributed by atoms with van der Waals surface area (Å²) >= 11 is 3.52. The van der Waals surface area contributed by atoms with Crippen molar-refractivity contribution in [3.05, 3.63) is 0 Å². The topological polar surface area (TPSA) is 0 Å². The van der Waals surface area contributed by atoms with Crippen LogP contribution in [0, 0.1) is 0 Å². The molecule has 3 heteroatoms. The lowest BCUT2D eigenvalue weighted by Gasteiger charge is -2.29. The van der Waals surface area contributed by atoms with Crippen LogP contribution in [0.1, 0.15) is 51.9 Å². The van der Waals surface area contributed by atoms with Gasteiger partial charge >= 0.3 is 0 Å². The average Bonchev–Trinajstić information content (AvgIpc) is 2.16. The Kier molecular flexibility index (Phi) is 15.4. The van der Waals surface area contributed by atoms with E-state index in [1.807, 2.05) is 0 Å². The first-order valence-electron chi connectivity index (χ1n) is 6.50. The Balaban J connectivity index is 0. The van der Waals surface area contributed by atoms with Gasteiger partial charge in [-0.3, -0.25) is 0 Å². The molecule has 0 fully saturated rings. The summed E-state index contributed by atoms with van der Waals surface area (Å²) in [6.45, 7) is 4.86. The number of halogens is 2. The zero-order valence-electron chi connectivity index (χ0n) is 11.3. The maximum Gasteiger partial charge on any atom is 0.0880 e. The molecule has 0 radical (unpaired) electrons. The maximum absolute atomic E-state index is 3.52. The lowest BCUT2D eigenvalue weighted by Crippen LogP contribution is -3.00. The van der Waals surface area contributed by atoms with Gasteiger partial charge in [0.15, 0.2) is 0 Å². The molecule has 0 spiro atoms. The van der Waals surface area contributed by atoms with Gasteiger partial charge in [-0.15, -0.1) is 0 Å².